The fourth-order valence-electron chi connectivity index (χ4n) is 2.51. The van der Waals surface area contributed by atoms with Gasteiger partial charge in [0.05, 0.1) is 18.4 Å². The lowest BCUT2D eigenvalue weighted by molar-refractivity contribution is 0.0182. The molecule has 1 aromatic heterocycles. The quantitative estimate of drug-likeness (QED) is 0.807. The van der Waals surface area contributed by atoms with Crippen LogP contribution in [0.4, 0.5) is 0 Å². The van der Waals surface area contributed by atoms with E-state index in [0.29, 0.717) is 6.61 Å². The van der Waals surface area contributed by atoms with Gasteiger partial charge in [-0.15, -0.1) is 0 Å². The van der Waals surface area contributed by atoms with E-state index in [-0.39, 0.29) is 11.7 Å². The first-order valence-corrected chi connectivity index (χ1v) is 5.78. The van der Waals surface area contributed by atoms with Crippen molar-refractivity contribution in [3.8, 4) is 5.75 Å². The van der Waals surface area contributed by atoms with Crippen LogP contribution in [-0.2, 0) is 4.74 Å². The number of rotatable bonds is 2. The Hall–Kier alpha value is -1.13. The lowest BCUT2D eigenvalue weighted by Gasteiger charge is -2.20. The van der Waals surface area contributed by atoms with Crippen LogP contribution in [-0.4, -0.2) is 36.4 Å². The molecule has 3 heterocycles. The number of ether oxygens (including phenoxy) is 2. The van der Waals surface area contributed by atoms with Crippen LogP contribution in [0.1, 0.15) is 12.8 Å². The summed E-state index contributed by atoms with van der Waals surface area (Å²) in [6, 6.07) is 3.82. The van der Waals surface area contributed by atoms with Crippen molar-refractivity contribution in [1.29, 1.82) is 0 Å². The second-order valence-electron chi connectivity index (χ2n) is 4.55. The molecule has 0 saturated carbocycles. The summed E-state index contributed by atoms with van der Waals surface area (Å²) in [6.07, 6.45) is 5.75. The molecule has 0 bridgehead atoms. The molecule has 0 radical (unpaired) electrons. The summed E-state index contributed by atoms with van der Waals surface area (Å²) in [7, 11) is 0. The average molecular weight is 220 g/mol. The third-order valence-corrected chi connectivity index (χ3v) is 3.32. The summed E-state index contributed by atoms with van der Waals surface area (Å²) in [5, 5.41) is 3.35. The lowest BCUT2D eigenvalue weighted by atomic mass is 9.98. The van der Waals surface area contributed by atoms with Gasteiger partial charge in [0.2, 0.25) is 0 Å². The molecular weight excluding hydrogens is 204 g/mol. The monoisotopic (exact) mass is 220 g/mol. The molecule has 2 fully saturated rings. The summed E-state index contributed by atoms with van der Waals surface area (Å²) >= 11 is 0. The summed E-state index contributed by atoms with van der Waals surface area (Å²) < 4.78 is 11.7. The van der Waals surface area contributed by atoms with E-state index in [1.54, 1.807) is 12.4 Å². The van der Waals surface area contributed by atoms with Gasteiger partial charge in [-0.3, -0.25) is 4.98 Å². The molecule has 0 aromatic carbocycles. The first-order chi connectivity index (χ1) is 7.86. The molecular formula is C12H16N2O2. The van der Waals surface area contributed by atoms with Crippen LogP contribution >= 0.6 is 0 Å². The van der Waals surface area contributed by atoms with E-state index in [1.165, 1.54) is 0 Å². The van der Waals surface area contributed by atoms with E-state index in [9.17, 15) is 0 Å². The third kappa shape index (κ3) is 1.90. The van der Waals surface area contributed by atoms with Crippen molar-refractivity contribution in [3.63, 3.8) is 0 Å². The van der Waals surface area contributed by atoms with Crippen molar-refractivity contribution in [3.05, 3.63) is 24.5 Å². The van der Waals surface area contributed by atoms with Gasteiger partial charge in [0, 0.05) is 19.2 Å². The fraction of sp³-hybridized carbons (Fsp3) is 0.583. The Balaban J connectivity index is 1.62. The first-order valence-electron chi connectivity index (χ1n) is 5.78. The maximum absolute atomic E-state index is 5.88. The second-order valence-corrected chi connectivity index (χ2v) is 4.55. The van der Waals surface area contributed by atoms with Crippen LogP contribution in [0.25, 0.3) is 0 Å². The molecule has 0 aliphatic carbocycles. The van der Waals surface area contributed by atoms with Crippen LogP contribution < -0.4 is 10.1 Å². The number of hydrogen-bond donors (Lipinski definition) is 1. The molecule has 3 rings (SSSR count). The van der Waals surface area contributed by atoms with Crippen molar-refractivity contribution in [2.75, 3.05) is 19.7 Å². The number of hydrogen-bond acceptors (Lipinski definition) is 4. The van der Waals surface area contributed by atoms with E-state index >= 15 is 0 Å². The minimum absolute atomic E-state index is 0.0346. The van der Waals surface area contributed by atoms with Crippen molar-refractivity contribution in [1.82, 2.24) is 10.3 Å². The first kappa shape index (κ1) is 10.1. The molecule has 0 unspecified atom stereocenters. The maximum Gasteiger partial charge on any atom is 0.138 e. The molecule has 1 spiro atoms. The Morgan fingerprint density at radius 3 is 3.31 bits per heavy atom. The molecule has 2 aliphatic rings. The van der Waals surface area contributed by atoms with Gasteiger partial charge in [-0.25, -0.2) is 0 Å². The highest BCUT2D eigenvalue weighted by atomic mass is 16.6. The van der Waals surface area contributed by atoms with Gasteiger partial charge in [-0.1, -0.05) is 0 Å². The van der Waals surface area contributed by atoms with E-state index in [4.69, 9.17) is 9.47 Å². The van der Waals surface area contributed by atoms with Crippen molar-refractivity contribution in [2.45, 2.75) is 24.5 Å². The van der Waals surface area contributed by atoms with Crippen molar-refractivity contribution >= 4 is 0 Å². The normalized spacial score (nSPS) is 33.4. The smallest absolute Gasteiger partial charge is 0.138 e. The van der Waals surface area contributed by atoms with Gasteiger partial charge in [-0.2, -0.15) is 0 Å². The average Bonchev–Trinajstić information content (AvgIpc) is 2.92. The number of nitrogens with one attached hydrogen (secondary N) is 1. The molecule has 2 saturated heterocycles. The predicted octanol–water partition coefficient (Wildman–Crippen LogP) is 0.981. The maximum atomic E-state index is 5.88. The van der Waals surface area contributed by atoms with Gasteiger partial charge in [-0.05, 0) is 25.1 Å². The Labute approximate surface area is 95.0 Å². The molecule has 1 aromatic rings. The van der Waals surface area contributed by atoms with Crippen LogP contribution in [0.5, 0.6) is 5.75 Å². The van der Waals surface area contributed by atoms with E-state index < -0.39 is 0 Å². The summed E-state index contributed by atoms with van der Waals surface area (Å²) in [6.45, 7) is 2.70. The molecule has 1 N–H and O–H groups in total. The Morgan fingerprint density at radius 2 is 2.56 bits per heavy atom. The molecule has 16 heavy (non-hydrogen) atoms. The Kier molecular flexibility index (Phi) is 2.53. The highest BCUT2D eigenvalue weighted by molar-refractivity contribution is 5.16. The Morgan fingerprint density at radius 1 is 1.56 bits per heavy atom. The van der Waals surface area contributed by atoms with Gasteiger partial charge in [0.25, 0.3) is 0 Å². The van der Waals surface area contributed by atoms with E-state index in [2.05, 4.69) is 10.3 Å². The van der Waals surface area contributed by atoms with Crippen molar-refractivity contribution < 1.29 is 9.47 Å². The second kappa shape index (κ2) is 4.03. The SMILES string of the molecule is c1cncc(O[C@@H]2CO[C@@]3(CCNC3)C2)c1. The van der Waals surface area contributed by atoms with E-state index in [0.717, 1.165) is 31.7 Å². The summed E-state index contributed by atoms with van der Waals surface area (Å²) in [4.78, 5) is 4.04. The fourth-order valence-corrected chi connectivity index (χ4v) is 2.51. The van der Waals surface area contributed by atoms with E-state index in [1.807, 2.05) is 12.1 Å². The molecule has 0 amide bonds. The van der Waals surface area contributed by atoms with Gasteiger partial charge in [0.1, 0.15) is 11.9 Å². The van der Waals surface area contributed by atoms with Gasteiger partial charge < -0.3 is 14.8 Å². The zero-order valence-electron chi connectivity index (χ0n) is 9.19. The molecule has 4 heteroatoms. The molecule has 4 nitrogen and oxygen atoms in total. The number of pyridine rings is 1. The largest absolute Gasteiger partial charge is 0.486 e. The number of aromatic nitrogens is 1. The Bertz CT molecular complexity index is 349. The standard InChI is InChI=1S/C12H16N2O2/c1-2-10(7-13-4-1)16-11-6-12(15-8-11)3-5-14-9-12/h1-2,4,7,11,14H,3,5-6,8-9H2/t11-,12-/m0/s1. The van der Waals surface area contributed by atoms with Crippen LogP contribution in [0, 0.1) is 0 Å². The number of nitrogens with zero attached hydrogens (tertiary/aromatic N) is 1. The predicted molar refractivity (Wildman–Crippen MR) is 59.4 cm³/mol. The molecule has 2 aliphatic heterocycles. The minimum atomic E-state index is 0.0346. The van der Waals surface area contributed by atoms with Gasteiger partial charge >= 0.3 is 0 Å². The highest BCUT2D eigenvalue weighted by Crippen LogP contribution is 2.33. The third-order valence-electron chi connectivity index (χ3n) is 3.32. The summed E-state index contributed by atoms with van der Waals surface area (Å²) in [5.41, 5.74) is 0.0346. The minimum Gasteiger partial charge on any atom is -0.486 e. The summed E-state index contributed by atoms with van der Waals surface area (Å²) in [5.74, 6) is 0.833. The zero-order valence-corrected chi connectivity index (χ0v) is 9.19. The highest BCUT2D eigenvalue weighted by Gasteiger charge is 2.43. The van der Waals surface area contributed by atoms with Crippen molar-refractivity contribution in [2.24, 2.45) is 0 Å². The topological polar surface area (TPSA) is 43.4 Å². The zero-order chi connectivity index (χ0) is 10.8. The molecule has 2 atom stereocenters. The van der Waals surface area contributed by atoms with Crippen LogP contribution in [0.3, 0.4) is 0 Å². The van der Waals surface area contributed by atoms with Gasteiger partial charge in [0.15, 0.2) is 0 Å². The van der Waals surface area contributed by atoms with Crippen LogP contribution in [0.15, 0.2) is 24.5 Å². The van der Waals surface area contributed by atoms with Crippen LogP contribution in [0.2, 0.25) is 0 Å². The lowest BCUT2D eigenvalue weighted by Crippen LogP contribution is -2.31. The molecule has 86 valence electrons.